The van der Waals surface area contributed by atoms with Crippen molar-refractivity contribution in [3.05, 3.63) is 24.4 Å². The number of rotatable bonds is 2. The van der Waals surface area contributed by atoms with E-state index in [-0.39, 0.29) is 5.91 Å². The van der Waals surface area contributed by atoms with Crippen molar-refractivity contribution in [2.75, 3.05) is 18.4 Å². The largest absolute Gasteiger partial charge is 0.380 e. The molecule has 1 aromatic carbocycles. The molecular formula is C14H18N4O. The molecule has 2 N–H and O–H groups in total. The van der Waals surface area contributed by atoms with Crippen molar-refractivity contribution in [1.82, 2.24) is 15.1 Å². The van der Waals surface area contributed by atoms with Gasteiger partial charge in [0.1, 0.15) is 0 Å². The molecule has 0 radical (unpaired) electrons. The molecule has 1 saturated heterocycles. The van der Waals surface area contributed by atoms with Crippen LogP contribution in [0, 0.1) is 0 Å². The Morgan fingerprint density at radius 2 is 2.21 bits per heavy atom. The summed E-state index contributed by atoms with van der Waals surface area (Å²) in [6, 6.07) is 6.56. The molecule has 1 aliphatic heterocycles. The number of benzene rings is 1. The van der Waals surface area contributed by atoms with E-state index in [0.717, 1.165) is 42.5 Å². The monoisotopic (exact) mass is 258 g/mol. The van der Waals surface area contributed by atoms with E-state index in [2.05, 4.69) is 21.6 Å². The van der Waals surface area contributed by atoms with Gasteiger partial charge in [0.2, 0.25) is 5.91 Å². The van der Waals surface area contributed by atoms with Crippen LogP contribution in [0.25, 0.3) is 10.9 Å². The number of carbonyl (C=O) groups is 1. The molecule has 1 aromatic heterocycles. The lowest BCUT2D eigenvalue weighted by Gasteiger charge is -2.32. The summed E-state index contributed by atoms with van der Waals surface area (Å²) >= 11 is 0. The number of amides is 1. The molecular weight excluding hydrogens is 240 g/mol. The molecule has 5 nitrogen and oxygen atoms in total. The molecule has 5 heteroatoms. The molecule has 19 heavy (non-hydrogen) atoms. The number of H-pyrrole nitrogens is 1. The fraction of sp³-hybridized carbons (Fsp3) is 0.429. The minimum atomic E-state index is 0.175. The summed E-state index contributed by atoms with van der Waals surface area (Å²) in [5.41, 5.74) is 2.15. The van der Waals surface area contributed by atoms with Gasteiger partial charge in [-0.2, -0.15) is 5.10 Å². The fourth-order valence-electron chi connectivity index (χ4n) is 2.65. The van der Waals surface area contributed by atoms with Gasteiger partial charge < -0.3 is 10.2 Å². The van der Waals surface area contributed by atoms with Crippen molar-refractivity contribution in [3.8, 4) is 0 Å². The van der Waals surface area contributed by atoms with Crippen molar-refractivity contribution in [2.45, 2.75) is 25.8 Å². The van der Waals surface area contributed by atoms with Gasteiger partial charge >= 0.3 is 0 Å². The Kier molecular flexibility index (Phi) is 3.11. The van der Waals surface area contributed by atoms with Crippen molar-refractivity contribution in [1.29, 1.82) is 0 Å². The van der Waals surface area contributed by atoms with Gasteiger partial charge in [-0.05, 0) is 18.9 Å². The summed E-state index contributed by atoms with van der Waals surface area (Å²) in [5, 5.41) is 11.8. The number of aromatic nitrogens is 2. The third kappa shape index (κ3) is 2.41. The number of piperidine rings is 1. The van der Waals surface area contributed by atoms with Crippen molar-refractivity contribution in [3.63, 3.8) is 0 Å². The number of para-hydroxylation sites is 1. The van der Waals surface area contributed by atoms with Gasteiger partial charge in [0.25, 0.3) is 0 Å². The van der Waals surface area contributed by atoms with Gasteiger partial charge in [0, 0.05) is 31.4 Å². The Balaban J connectivity index is 1.69. The van der Waals surface area contributed by atoms with Crippen molar-refractivity contribution >= 4 is 22.5 Å². The quantitative estimate of drug-likeness (QED) is 0.866. The Labute approximate surface area is 112 Å². The summed E-state index contributed by atoms with van der Waals surface area (Å²) in [6.45, 7) is 3.32. The number of aromatic amines is 1. The van der Waals surface area contributed by atoms with Crippen LogP contribution in [0.15, 0.2) is 24.4 Å². The van der Waals surface area contributed by atoms with Crippen LogP contribution in [0.3, 0.4) is 0 Å². The van der Waals surface area contributed by atoms with Gasteiger partial charge in [-0.25, -0.2) is 0 Å². The third-order valence-electron chi connectivity index (χ3n) is 3.78. The van der Waals surface area contributed by atoms with E-state index in [0.29, 0.717) is 6.04 Å². The first kappa shape index (κ1) is 12.0. The Morgan fingerprint density at radius 1 is 1.42 bits per heavy atom. The lowest BCUT2D eigenvalue weighted by atomic mass is 10.0. The molecule has 2 aromatic rings. The molecule has 0 bridgehead atoms. The summed E-state index contributed by atoms with van der Waals surface area (Å²) in [5.74, 6) is 0.175. The highest BCUT2D eigenvalue weighted by Crippen LogP contribution is 2.23. The maximum absolute atomic E-state index is 11.3. The molecule has 0 aliphatic carbocycles. The first-order chi connectivity index (χ1) is 9.24. The van der Waals surface area contributed by atoms with Gasteiger partial charge in [0.05, 0.1) is 17.4 Å². The maximum Gasteiger partial charge on any atom is 0.219 e. The number of likely N-dealkylation sites (tertiary alicyclic amines) is 1. The molecule has 0 saturated carbocycles. The van der Waals surface area contributed by atoms with Crippen LogP contribution in [0.4, 0.5) is 5.69 Å². The number of hydrogen-bond acceptors (Lipinski definition) is 3. The summed E-state index contributed by atoms with van der Waals surface area (Å²) in [6.07, 6.45) is 3.81. The van der Waals surface area contributed by atoms with Gasteiger partial charge in [0.15, 0.2) is 0 Å². The molecule has 1 amide bonds. The van der Waals surface area contributed by atoms with E-state index in [1.807, 2.05) is 23.2 Å². The summed E-state index contributed by atoms with van der Waals surface area (Å²) in [4.78, 5) is 13.2. The lowest BCUT2D eigenvalue weighted by molar-refractivity contribution is -0.129. The molecule has 0 atom stereocenters. The van der Waals surface area contributed by atoms with E-state index < -0.39 is 0 Å². The van der Waals surface area contributed by atoms with Crippen LogP contribution in [0.1, 0.15) is 19.8 Å². The standard InChI is InChI=1S/C14H18N4O/c1-10(19)18-7-5-12(6-8-18)16-13-4-2-3-11-9-15-17-14(11)13/h2-4,9,12,16H,5-8H2,1H3,(H,15,17). The second kappa shape index (κ2) is 4.91. The highest BCUT2D eigenvalue weighted by molar-refractivity contribution is 5.90. The van der Waals surface area contributed by atoms with Gasteiger partial charge in [-0.15, -0.1) is 0 Å². The van der Waals surface area contributed by atoms with Crippen LogP contribution < -0.4 is 5.32 Å². The average molecular weight is 258 g/mol. The number of anilines is 1. The van der Waals surface area contributed by atoms with Crippen LogP contribution in [0.5, 0.6) is 0 Å². The predicted octanol–water partition coefficient (Wildman–Crippen LogP) is 1.99. The number of hydrogen-bond donors (Lipinski definition) is 2. The number of carbonyl (C=O) groups excluding carboxylic acids is 1. The highest BCUT2D eigenvalue weighted by atomic mass is 16.2. The van der Waals surface area contributed by atoms with Gasteiger partial charge in [-0.1, -0.05) is 12.1 Å². The molecule has 100 valence electrons. The first-order valence-corrected chi connectivity index (χ1v) is 6.68. The van der Waals surface area contributed by atoms with Crippen LogP contribution in [-0.2, 0) is 4.79 Å². The Morgan fingerprint density at radius 3 is 2.95 bits per heavy atom. The average Bonchev–Trinajstić information content (AvgIpc) is 2.89. The molecule has 0 unspecified atom stereocenters. The fourth-order valence-corrected chi connectivity index (χ4v) is 2.65. The Hall–Kier alpha value is -2.04. The van der Waals surface area contributed by atoms with E-state index in [9.17, 15) is 4.79 Å². The minimum absolute atomic E-state index is 0.175. The predicted molar refractivity (Wildman–Crippen MR) is 75.0 cm³/mol. The number of fused-ring (bicyclic) bond motifs is 1. The number of nitrogens with one attached hydrogen (secondary N) is 2. The smallest absolute Gasteiger partial charge is 0.219 e. The Bertz CT molecular complexity index is 584. The molecule has 1 fully saturated rings. The number of nitrogens with zero attached hydrogens (tertiary/aromatic N) is 2. The van der Waals surface area contributed by atoms with E-state index >= 15 is 0 Å². The lowest BCUT2D eigenvalue weighted by Crippen LogP contribution is -2.41. The van der Waals surface area contributed by atoms with Crippen LogP contribution in [-0.4, -0.2) is 40.1 Å². The minimum Gasteiger partial charge on any atom is -0.380 e. The molecule has 3 rings (SSSR count). The van der Waals surface area contributed by atoms with E-state index in [1.165, 1.54) is 0 Å². The van der Waals surface area contributed by atoms with Crippen LogP contribution in [0.2, 0.25) is 0 Å². The summed E-state index contributed by atoms with van der Waals surface area (Å²) in [7, 11) is 0. The third-order valence-corrected chi connectivity index (χ3v) is 3.78. The van der Waals surface area contributed by atoms with Crippen molar-refractivity contribution in [2.24, 2.45) is 0 Å². The van der Waals surface area contributed by atoms with E-state index in [4.69, 9.17) is 0 Å². The normalized spacial score (nSPS) is 16.8. The molecule has 2 heterocycles. The molecule has 1 aliphatic rings. The maximum atomic E-state index is 11.3. The molecule has 0 spiro atoms. The zero-order chi connectivity index (χ0) is 13.2. The zero-order valence-electron chi connectivity index (χ0n) is 11.0. The van der Waals surface area contributed by atoms with Crippen molar-refractivity contribution < 1.29 is 4.79 Å². The second-order valence-corrected chi connectivity index (χ2v) is 5.06. The second-order valence-electron chi connectivity index (χ2n) is 5.06. The SMILES string of the molecule is CC(=O)N1CCC(Nc2cccc3cn[nH]c23)CC1. The zero-order valence-corrected chi connectivity index (χ0v) is 11.0. The van der Waals surface area contributed by atoms with E-state index in [1.54, 1.807) is 6.92 Å². The first-order valence-electron chi connectivity index (χ1n) is 6.68. The van der Waals surface area contributed by atoms with Crippen LogP contribution >= 0.6 is 0 Å². The summed E-state index contributed by atoms with van der Waals surface area (Å²) < 4.78 is 0. The highest BCUT2D eigenvalue weighted by Gasteiger charge is 2.20. The van der Waals surface area contributed by atoms with Gasteiger partial charge in [-0.3, -0.25) is 9.89 Å². The topological polar surface area (TPSA) is 61.0 Å².